The summed E-state index contributed by atoms with van der Waals surface area (Å²) in [4.78, 5) is 27.9. The lowest BCUT2D eigenvalue weighted by Crippen LogP contribution is -2.55. The van der Waals surface area contributed by atoms with E-state index in [9.17, 15) is 9.59 Å². The summed E-state index contributed by atoms with van der Waals surface area (Å²) < 4.78 is 12.1. The molecule has 0 aromatic carbocycles. The first kappa shape index (κ1) is 20.6. The zero-order valence-corrected chi connectivity index (χ0v) is 19.1. The number of likely N-dealkylation sites (tertiary alicyclic amines) is 1. The number of hydrogen-bond donors (Lipinski definition) is 0. The molecular weight excluding hydrogens is 358 g/mol. The van der Waals surface area contributed by atoms with Crippen LogP contribution in [0.3, 0.4) is 0 Å². The van der Waals surface area contributed by atoms with E-state index in [0.717, 1.165) is 6.42 Å². The molecule has 0 aromatic heterocycles. The second-order valence-electron chi connectivity index (χ2n) is 10.7. The lowest BCUT2D eigenvalue weighted by Gasteiger charge is -2.43. The molecule has 0 spiro atoms. The molecular formula is C21H35NO4Si. The molecule has 6 atom stereocenters. The molecule has 1 saturated carbocycles. The minimum Gasteiger partial charge on any atom is -0.443 e. The number of fused-ring (bicyclic) bond motifs is 5. The summed E-state index contributed by atoms with van der Waals surface area (Å²) in [5, 5.41) is 0. The lowest BCUT2D eigenvalue weighted by atomic mass is 9.74. The highest BCUT2D eigenvalue weighted by atomic mass is 28.3. The molecule has 6 heteroatoms. The van der Waals surface area contributed by atoms with Crippen LogP contribution < -0.4 is 0 Å². The van der Waals surface area contributed by atoms with Gasteiger partial charge in [0.05, 0.1) is 18.1 Å². The number of ether oxygens (including phenoxy) is 1. The first-order valence-electron chi connectivity index (χ1n) is 10.2. The molecule has 2 amide bonds. The number of imide groups is 1. The van der Waals surface area contributed by atoms with Crippen molar-refractivity contribution in [2.24, 2.45) is 29.1 Å². The van der Waals surface area contributed by atoms with Crippen molar-refractivity contribution < 1.29 is 18.8 Å². The molecule has 3 rings (SSSR count). The topological polar surface area (TPSA) is 55.8 Å². The minimum atomic E-state index is -1.37. The van der Waals surface area contributed by atoms with Gasteiger partial charge in [-0.3, -0.25) is 4.79 Å². The molecule has 152 valence electrons. The van der Waals surface area contributed by atoms with Crippen LogP contribution in [0.15, 0.2) is 12.2 Å². The van der Waals surface area contributed by atoms with Gasteiger partial charge in [0, 0.05) is 5.92 Å². The number of carbonyl (C=O) groups excluding carboxylic acids is 2. The monoisotopic (exact) mass is 393 g/mol. The van der Waals surface area contributed by atoms with Crippen LogP contribution in [0.1, 0.15) is 48.0 Å². The number of nitrogens with zero attached hydrogens (tertiary/aromatic N) is 1. The van der Waals surface area contributed by atoms with Crippen LogP contribution in [0.5, 0.6) is 0 Å². The third-order valence-corrected chi connectivity index (χ3v) is 6.75. The van der Waals surface area contributed by atoms with E-state index in [4.69, 9.17) is 9.16 Å². The van der Waals surface area contributed by atoms with E-state index >= 15 is 0 Å². The zero-order valence-electron chi connectivity index (χ0n) is 18.0. The van der Waals surface area contributed by atoms with E-state index in [1.54, 1.807) is 0 Å². The highest BCUT2D eigenvalue weighted by Crippen LogP contribution is 2.56. The second-order valence-corrected chi connectivity index (χ2v) is 13.1. The Kier molecular flexibility index (Phi) is 5.13. The van der Waals surface area contributed by atoms with Gasteiger partial charge in [0.15, 0.2) is 9.04 Å². The van der Waals surface area contributed by atoms with E-state index in [0.29, 0.717) is 5.92 Å². The summed E-state index contributed by atoms with van der Waals surface area (Å²) in [5.74, 6) is 0.555. The van der Waals surface area contributed by atoms with Gasteiger partial charge >= 0.3 is 6.09 Å². The molecule has 2 fully saturated rings. The van der Waals surface area contributed by atoms with Crippen LogP contribution in [-0.2, 0) is 14.0 Å². The number of rotatable bonds is 3. The Labute approximate surface area is 165 Å². The molecule has 5 nitrogen and oxygen atoms in total. The minimum absolute atomic E-state index is 0.0700. The summed E-state index contributed by atoms with van der Waals surface area (Å²) in [5.41, 5.74) is -0.815. The standard InChI is InChI=1S/C21H35NO4Si/c1-20(2,3)17(26-27(7)8)16-14-12-9-10-13(11-12)15(14)18(23)22(16)19(24)25-21(4,5)6/h9-10,12-17,27H,11H2,1-8H3. The van der Waals surface area contributed by atoms with Gasteiger partial charge in [0.1, 0.15) is 5.60 Å². The molecule has 2 bridgehead atoms. The van der Waals surface area contributed by atoms with Crippen molar-refractivity contribution in [3.05, 3.63) is 12.2 Å². The number of hydrogen-bond acceptors (Lipinski definition) is 4. The maximum Gasteiger partial charge on any atom is 0.417 e. The molecule has 2 aliphatic carbocycles. The van der Waals surface area contributed by atoms with Crippen molar-refractivity contribution in [2.45, 2.75) is 78.8 Å². The fourth-order valence-electron chi connectivity index (χ4n) is 5.10. The summed E-state index contributed by atoms with van der Waals surface area (Å²) in [6.45, 7) is 16.2. The Balaban J connectivity index is 2.02. The fourth-order valence-corrected chi connectivity index (χ4v) is 6.26. The Morgan fingerprint density at radius 2 is 1.74 bits per heavy atom. The predicted octanol–water partition coefficient (Wildman–Crippen LogP) is 3.99. The molecule has 0 N–H and O–H groups in total. The van der Waals surface area contributed by atoms with Gasteiger partial charge < -0.3 is 9.16 Å². The molecule has 1 saturated heterocycles. The Morgan fingerprint density at radius 1 is 1.15 bits per heavy atom. The van der Waals surface area contributed by atoms with Crippen molar-refractivity contribution in [1.29, 1.82) is 0 Å². The van der Waals surface area contributed by atoms with Crippen molar-refractivity contribution in [3.63, 3.8) is 0 Å². The van der Waals surface area contributed by atoms with Gasteiger partial charge in [0.25, 0.3) is 0 Å². The first-order chi connectivity index (χ1) is 12.3. The fraction of sp³-hybridized carbons (Fsp3) is 0.810. The summed E-state index contributed by atoms with van der Waals surface area (Å²) in [6.07, 6.45) is 4.74. The van der Waals surface area contributed by atoms with Gasteiger partial charge in [-0.05, 0) is 57.5 Å². The van der Waals surface area contributed by atoms with E-state index in [2.05, 4.69) is 46.0 Å². The van der Waals surface area contributed by atoms with Gasteiger partial charge in [0.2, 0.25) is 5.91 Å². The molecule has 27 heavy (non-hydrogen) atoms. The van der Waals surface area contributed by atoms with E-state index in [-0.39, 0.29) is 41.2 Å². The predicted molar refractivity (Wildman–Crippen MR) is 108 cm³/mol. The van der Waals surface area contributed by atoms with Crippen LogP contribution in [-0.4, -0.2) is 43.7 Å². The first-order valence-corrected chi connectivity index (χ1v) is 13.0. The summed E-state index contributed by atoms with van der Waals surface area (Å²) in [7, 11) is -1.37. The third kappa shape index (κ3) is 3.75. The molecule has 3 aliphatic rings. The number of carbonyl (C=O) groups is 2. The van der Waals surface area contributed by atoms with E-state index in [1.807, 2.05) is 20.8 Å². The van der Waals surface area contributed by atoms with E-state index in [1.165, 1.54) is 4.90 Å². The Bertz CT molecular complexity index is 646. The van der Waals surface area contributed by atoms with Gasteiger partial charge in [-0.25, -0.2) is 9.69 Å². The highest BCUT2D eigenvalue weighted by Gasteiger charge is 2.64. The Hall–Kier alpha value is -1.14. The van der Waals surface area contributed by atoms with Gasteiger partial charge in [-0.15, -0.1) is 0 Å². The van der Waals surface area contributed by atoms with Crippen LogP contribution >= 0.6 is 0 Å². The van der Waals surface area contributed by atoms with Crippen LogP contribution in [0.25, 0.3) is 0 Å². The molecule has 0 aromatic rings. The number of amides is 2. The Morgan fingerprint density at radius 3 is 2.26 bits per heavy atom. The summed E-state index contributed by atoms with van der Waals surface area (Å²) in [6, 6.07) is -0.257. The third-order valence-electron chi connectivity index (χ3n) is 5.91. The van der Waals surface area contributed by atoms with Crippen molar-refractivity contribution in [2.75, 3.05) is 0 Å². The second kappa shape index (κ2) is 6.73. The SMILES string of the molecule is C[SiH](C)OC(C1C2C3C=CC(C3)C2C(=O)N1C(=O)OC(C)(C)C)C(C)(C)C. The number of allylic oxidation sites excluding steroid dienone is 2. The molecule has 0 radical (unpaired) electrons. The maximum absolute atomic E-state index is 13.4. The average molecular weight is 394 g/mol. The summed E-state index contributed by atoms with van der Waals surface area (Å²) >= 11 is 0. The lowest BCUT2D eigenvalue weighted by molar-refractivity contribution is -0.133. The normalized spacial score (nSPS) is 33.7. The molecule has 1 heterocycles. The van der Waals surface area contributed by atoms with Crippen molar-refractivity contribution in [3.8, 4) is 0 Å². The van der Waals surface area contributed by atoms with E-state index < -0.39 is 20.7 Å². The van der Waals surface area contributed by atoms with Crippen molar-refractivity contribution in [1.82, 2.24) is 4.90 Å². The van der Waals surface area contributed by atoms with Gasteiger partial charge in [-0.2, -0.15) is 0 Å². The zero-order chi connectivity index (χ0) is 20.3. The maximum atomic E-state index is 13.4. The van der Waals surface area contributed by atoms with Crippen LogP contribution in [0, 0.1) is 29.1 Å². The van der Waals surface area contributed by atoms with Crippen molar-refractivity contribution >= 4 is 21.0 Å². The van der Waals surface area contributed by atoms with Gasteiger partial charge in [-0.1, -0.05) is 32.9 Å². The molecule has 1 aliphatic heterocycles. The average Bonchev–Trinajstić information content (AvgIpc) is 3.13. The quantitative estimate of drug-likeness (QED) is 0.537. The van der Waals surface area contributed by atoms with Crippen LogP contribution in [0.2, 0.25) is 13.1 Å². The smallest absolute Gasteiger partial charge is 0.417 e. The van der Waals surface area contributed by atoms with Crippen LogP contribution in [0.4, 0.5) is 4.79 Å². The molecule has 6 unspecified atom stereocenters. The largest absolute Gasteiger partial charge is 0.443 e. The highest BCUT2D eigenvalue weighted by molar-refractivity contribution is 6.48.